The van der Waals surface area contributed by atoms with Gasteiger partial charge in [0, 0.05) is 27.8 Å². The summed E-state index contributed by atoms with van der Waals surface area (Å²) >= 11 is 11.9. The molecule has 0 amide bonds. The van der Waals surface area contributed by atoms with E-state index >= 15 is 0 Å². The van der Waals surface area contributed by atoms with E-state index in [1.807, 2.05) is 35.9 Å². The summed E-state index contributed by atoms with van der Waals surface area (Å²) in [5.74, 6) is -0.592. The molecule has 0 fully saturated rings. The molecule has 164 valence electrons. The topological polar surface area (TPSA) is 92.5 Å². The summed E-state index contributed by atoms with van der Waals surface area (Å²) in [4.78, 5) is 15.7. The lowest BCUT2D eigenvalue weighted by molar-refractivity contribution is -0.135. The second-order valence-electron chi connectivity index (χ2n) is 7.13. The van der Waals surface area contributed by atoms with Gasteiger partial charge in [0.2, 0.25) is 0 Å². The number of sulfonamides is 1. The van der Waals surface area contributed by atoms with Crippen LogP contribution < -0.4 is 4.31 Å². The van der Waals surface area contributed by atoms with Crippen LogP contribution in [-0.2, 0) is 14.8 Å². The molecular formula is C22H17Cl2N3O4S. The van der Waals surface area contributed by atoms with Crippen molar-refractivity contribution in [3.8, 4) is 5.82 Å². The molecule has 0 aliphatic heterocycles. The number of fused-ring (bicyclic) bond motifs is 1. The lowest BCUT2D eigenvalue weighted by Gasteiger charge is -2.23. The van der Waals surface area contributed by atoms with Crippen LogP contribution in [0.25, 0.3) is 16.7 Å². The van der Waals surface area contributed by atoms with Crippen molar-refractivity contribution in [1.82, 2.24) is 9.55 Å². The van der Waals surface area contributed by atoms with Crippen LogP contribution in [0.2, 0.25) is 10.0 Å². The molecule has 2 heterocycles. The van der Waals surface area contributed by atoms with Gasteiger partial charge in [-0.05, 0) is 61.0 Å². The summed E-state index contributed by atoms with van der Waals surface area (Å²) < 4.78 is 29.3. The molecule has 1 N–H and O–H groups in total. The zero-order valence-corrected chi connectivity index (χ0v) is 19.1. The number of carbonyl (C=O) groups is 1. The Labute approximate surface area is 194 Å². The highest BCUT2D eigenvalue weighted by atomic mass is 35.5. The highest BCUT2D eigenvalue weighted by Crippen LogP contribution is 2.31. The maximum absolute atomic E-state index is 13.3. The molecule has 0 radical (unpaired) electrons. The fourth-order valence-electron chi connectivity index (χ4n) is 3.33. The number of aryl methyl sites for hydroxylation is 1. The summed E-state index contributed by atoms with van der Waals surface area (Å²) in [5.41, 5.74) is 2.03. The van der Waals surface area contributed by atoms with Crippen molar-refractivity contribution in [2.75, 3.05) is 10.8 Å². The Kier molecular flexibility index (Phi) is 5.85. The fourth-order valence-corrected chi connectivity index (χ4v) is 5.46. The Morgan fingerprint density at radius 3 is 2.41 bits per heavy atom. The average molecular weight is 490 g/mol. The first-order valence-corrected chi connectivity index (χ1v) is 11.6. The Hall–Kier alpha value is -3.07. The lowest BCUT2D eigenvalue weighted by atomic mass is 10.2. The normalized spacial score (nSPS) is 11.6. The van der Waals surface area contributed by atoms with Crippen molar-refractivity contribution in [2.24, 2.45) is 0 Å². The van der Waals surface area contributed by atoms with E-state index in [-0.39, 0.29) is 20.6 Å². The number of pyridine rings is 1. The van der Waals surface area contributed by atoms with Crippen molar-refractivity contribution in [2.45, 2.75) is 11.8 Å². The number of benzene rings is 2. The SMILES string of the molecule is Cc1ccc(-n2ccc3cc(N(CC(=O)O)S(=O)(=O)c4cc(Cl)cc(Cl)c4)ccc32)nc1. The summed E-state index contributed by atoms with van der Waals surface area (Å²) in [6, 6.07) is 14.4. The monoisotopic (exact) mass is 489 g/mol. The van der Waals surface area contributed by atoms with Gasteiger partial charge < -0.3 is 9.67 Å². The summed E-state index contributed by atoms with van der Waals surface area (Å²) in [5, 5.41) is 10.4. The van der Waals surface area contributed by atoms with Crippen LogP contribution in [0.3, 0.4) is 0 Å². The highest BCUT2D eigenvalue weighted by Gasteiger charge is 2.28. The molecule has 10 heteroatoms. The minimum Gasteiger partial charge on any atom is -0.480 e. The van der Waals surface area contributed by atoms with Crippen molar-refractivity contribution < 1.29 is 18.3 Å². The molecule has 2 aromatic carbocycles. The summed E-state index contributed by atoms with van der Waals surface area (Å²) in [6.45, 7) is 1.18. The number of carboxylic acid groups (broad SMARTS) is 1. The summed E-state index contributed by atoms with van der Waals surface area (Å²) in [6.07, 6.45) is 3.58. The molecule has 0 unspecified atom stereocenters. The van der Waals surface area contributed by atoms with Gasteiger partial charge in [-0.2, -0.15) is 0 Å². The zero-order valence-electron chi connectivity index (χ0n) is 16.7. The minimum absolute atomic E-state index is 0.129. The maximum Gasteiger partial charge on any atom is 0.324 e. The molecular weight excluding hydrogens is 473 g/mol. The third-order valence-corrected chi connectivity index (χ3v) is 7.00. The number of rotatable bonds is 6. The van der Waals surface area contributed by atoms with Crippen LogP contribution in [-0.4, -0.2) is 35.6 Å². The van der Waals surface area contributed by atoms with Gasteiger partial charge in [0.25, 0.3) is 10.0 Å². The van der Waals surface area contributed by atoms with E-state index in [0.717, 1.165) is 20.8 Å². The molecule has 0 aliphatic carbocycles. The molecule has 0 saturated carbocycles. The van der Waals surface area contributed by atoms with Crippen LogP contribution in [0.5, 0.6) is 0 Å². The van der Waals surface area contributed by atoms with Crippen molar-refractivity contribution in [1.29, 1.82) is 0 Å². The zero-order chi connectivity index (χ0) is 23.0. The van der Waals surface area contributed by atoms with Gasteiger partial charge in [0.1, 0.15) is 12.4 Å². The predicted molar refractivity (Wildman–Crippen MR) is 124 cm³/mol. The van der Waals surface area contributed by atoms with E-state index in [2.05, 4.69) is 4.98 Å². The van der Waals surface area contributed by atoms with E-state index in [1.54, 1.807) is 24.4 Å². The number of aromatic nitrogens is 2. The van der Waals surface area contributed by atoms with Gasteiger partial charge in [-0.15, -0.1) is 0 Å². The van der Waals surface area contributed by atoms with Gasteiger partial charge in [-0.1, -0.05) is 29.3 Å². The van der Waals surface area contributed by atoms with E-state index < -0.39 is 22.5 Å². The van der Waals surface area contributed by atoms with Gasteiger partial charge in [-0.25, -0.2) is 13.4 Å². The van der Waals surface area contributed by atoms with Gasteiger partial charge in [0.15, 0.2) is 0 Å². The number of aliphatic carboxylic acids is 1. The Morgan fingerprint density at radius 1 is 1.06 bits per heavy atom. The Morgan fingerprint density at radius 2 is 1.78 bits per heavy atom. The highest BCUT2D eigenvalue weighted by molar-refractivity contribution is 7.92. The number of anilines is 1. The maximum atomic E-state index is 13.3. The van der Waals surface area contributed by atoms with Gasteiger partial charge in [0.05, 0.1) is 16.1 Å². The lowest BCUT2D eigenvalue weighted by Crippen LogP contribution is -2.35. The van der Waals surface area contributed by atoms with Crippen LogP contribution in [0.1, 0.15) is 5.56 Å². The van der Waals surface area contributed by atoms with Gasteiger partial charge in [-0.3, -0.25) is 9.10 Å². The summed E-state index contributed by atoms with van der Waals surface area (Å²) in [7, 11) is -4.25. The molecule has 2 aromatic heterocycles. The second kappa shape index (κ2) is 8.46. The molecule has 32 heavy (non-hydrogen) atoms. The van der Waals surface area contributed by atoms with E-state index in [1.165, 1.54) is 18.2 Å². The quantitative estimate of drug-likeness (QED) is 0.414. The molecule has 4 aromatic rings. The number of nitrogens with zero attached hydrogens (tertiary/aromatic N) is 3. The van der Waals surface area contributed by atoms with Crippen LogP contribution in [0.4, 0.5) is 5.69 Å². The molecule has 0 aliphatic rings. The number of halogens is 2. The average Bonchev–Trinajstić information content (AvgIpc) is 3.15. The standard InChI is InChI=1S/C22H17Cl2N3O4S/c1-14-2-5-21(25-12-14)26-7-6-15-8-18(3-4-20(15)26)27(13-22(28)29)32(30,31)19-10-16(23)9-17(24)11-19/h2-12H,13H2,1H3,(H,28,29). The smallest absolute Gasteiger partial charge is 0.324 e. The van der Waals surface area contributed by atoms with Crippen molar-refractivity contribution >= 4 is 55.8 Å². The largest absolute Gasteiger partial charge is 0.480 e. The van der Waals surface area contributed by atoms with E-state index in [9.17, 15) is 18.3 Å². The van der Waals surface area contributed by atoms with Gasteiger partial charge >= 0.3 is 5.97 Å². The molecule has 0 bridgehead atoms. The first kappa shape index (κ1) is 22.1. The molecule has 4 rings (SSSR count). The van der Waals surface area contributed by atoms with E-state index in [4.69, 9.17) is 23.2 Å². The Bertz CT molecular complexity index is 1410. The van der Waals surface area contributed by atoms with Crippen molar-refractivity contribution in [3.63, 3.8) is 0 Å². The van der Waals surface area contributed by atoms with Crippen LogP contribution in [0.15, 0.2) is 71.9 Å². The molecule has 0 spiro atoms. The first-order chi connectivity index (χ1) is 15.1. The first-order valence-electron chi connectivity index (χ1n) is 9.40. The number of hydrogen-bond acceptors (Lipinski definition) is 4. The molecule has 7 nitrogen and oxygen atoms in total. The third-order valence-electron chi connectivity index (χ3n) is 4.81. The predicted octanol–water partition coefficient (Wildman–Crippen LogP) is 4.92. The van der Waals surface area contributed by atoms with E-state index in [0.29, 0.717) is 5.82 Å². The van der Waals surface area contributed by atoms with Crippen LogP contribution in [0, 0.1) is 6.92 Å². The van der Waals surface area contributed by atoms with Crippen LogP contribution >= 0.6 is 23.2 Å². The van der Waals surface area contributed by atoms with Crippen molar-refractivity contribution in [3.05, 3.63) is 82.6 Å². The fraction of sp³-hybridized carbons (Fsp3) is 0.0909. The minimum atomic E-state index is -4.25. The number of hydrogen-bond donors (Lipinski definition) is 1. The Balaban J connectivity index is 1.81. The second-order valence-corrected chi connectivity index (χ2v) is 9.87. The molecule has 0 atom stereocenters. The number of carboxylic acids is 1. The molecule has 0 saturated heterocycles. The third kappa shape index (κ3) is 4.29.